The maximum absolute atomic E-state index is 11.2. The molecule has 0 aromatic heterocycles. The molecule has 0 fully saturated rings. The van der Waals surface area contributed by atoms with Crippen molar-refractivity contribution < 1.29 is 14.3 Å². The van der Waals surface area contributed by atoms with Gasteiger partial charge in [-0.05, 0) is 20.8 Å². The van der Waals surface area contributed by atoms with Gasteiger partial charge in [0, 0.05) is 6.04 Å². The van der Waals surface area contributed by atoms with Crippen LogP contribution < -0.4 is 5.32 Å². The summed E-state index contributed by atoms with van der Waals surface area (Å²) in [5.74, 6) is -0.448. The number of hydrogen-bond donors (Lipinski definition) is 1. The number of rotatable bonds is 5. The summed E-state index contributed by atoms with van der Waals surface area (Å²) in [6.45, 7) is 6.94. The molecule has 0 aliphatic rings. The quantitative estimate of drug-likeness (QED) is 0.667. The summed E-state index contributed by atoms with van der Waals surface area (Å²) >= 11 is 0. The number of Topliss-reactive ketones (excluding diaryl/α,β-unsaturated/α-hetero) is 1. The highest BCUT2D eigenvalue weighted by atomic mass is 16.5. The van der Waals surface area contributed by atoms with Crippen molar-refractivity contribution in [3.63, 3.8) is 0 Å². The second kappa shape index (κ2) is 5.75. The molecule has 0 aliphatic carbocycles. The van der Waals surface area contributed by atoms with Crippen LogP contribution in [-0.4, -0.2) is 30.9 Å². The van der Waals surface area contributed by atoms with Gasteiger partial charge in [-0.25, -0.2) is 0 Å². The van der Waals surface area contributed by atoms with E-state index in [1.54, 1.807) is 13.8 Å². The maximum Gasteiger partial charge on any atom is 0.309 e. The van der Waals surface area contributed by atoms with Crippen LogP contribution in [0.15, 0.2) is 0 Å². The lowest BCUT2D eigenvalue weighted by molar-refractivity contribution is -0.145. The Kier molecular flexibility index (Phi) is 5.38. The number of carbonyl (C=O) groups excluding carboxylic acids is 2. The molecule has 0 saturated carbocycles. The molecule has 0 saturated heterocycles. The number of esters is 1. The summed E-state index contributed by atoms with van der Waals surface area (Å²) in [5.41, 5.74) is 0. The van der Waals surface area contributed by atoms with E-state index >= 15 is 0 Å². The van der Waals surface area contributed by atoms with E-state index in [-0.39, 0.29) is 29.8 Å². The van der Waals surface area contributed by atoms with E-state index in [2.05, 4.69) is 10.1 Å². The molecule has 0 radical (unpaired) electrons. The van der Waals surface area contributed by atoms with Crippen molar-refractivity contribution in [2.75, 3.05) is 7.11 Å². The van der Waals surface area contributed by atoms with Crippen LogP contribution in [-0.2, 0) is 14.3 Å². The van der Waals surface area contributed by atoms with Crippen molar-refractivity contribution in [2.24, 2.45) is 5.92 Å². The molecule has 0 aromatic carbocycles. The zero-order chi connectivity index (χ0) is 11.3. The van der Waals surface area contributed by atoms with Gasteiger partial charge in [0.1, 0.15) is 5.78 Å². The number of ketones is 1. The predicted octanol–water partition coefficient (Wildman–Crippen LogP) is 0.751. The Morgan fingerprint density at radius 3 is 2.07 bits per heavy atom. The topological polar surface area (TPSA) is 55.4 Å². The molecule has 3 atom stereocenters. The van der Waals surface area contributed by atoms with Crippen LogP contribution in [0.25, 0.3) is 0 Å². The summed E-state index contributed by atoms with van der Waals surface area (Å²) in [6, 6.07) is -0.293. The minimum Gasteiger partial charge on any atom is -0.469 e. The van der Waals surface area contributed by atoms with E-state index < -0.39 is 0 Å². The van der Waals surface area contributed by atoms with Crippen molar-refractivity contribution in [1.82, 2.24) is 5.32 Å². The summed E-state index contributed by atoms with van der Waals surface area (Å²) in [7, 11) is 1.36. The fourth-order valence-corrected chi connectivity index (χ4v) is 1.05. The fourth-order valence-electron chi connectivity index (χ4n) is 1.05. The van der Waals surface area contributed by atoms with Gasteiger partial charge in [-0.15, -0.1) is 0 Å². The summed E-state index contributed by atoms with van der Waals surface area (Å²) in [4.78, 5) is 22.1. The minimum absolute atomic E-state index is 0.0638. The first kappa shape index (κ1) is 13.1. The highest BCUT2D eigenvalue weighted by Crippen LogP contribution is 2.05. The van der Waals surface area contributed by atoms with E-state index in [1.807, 2.05) is 6.92 Å². The third-order valence-corrected chi connectivity index (χ3v) is 2.45. The first-order chi connectivity index (χ1) is 6.40. The largest absolute Gasteiger partial charge is 0.469 e. The van der Waals surface area contributed by atoms with Crippen LogP contribution in [0, 0.1) is 5.92 Å². The van der Waals surface area contributed by atoms with Crippen molar-refractivity contribution in [3.8, 4) is 0 Å². The molecule has 82 valence electrons. The van der Waals surface area contributed by atoms with E-state index in [0.29, 0.717) is 0 Å². The third-order valence-electron chi connectivity index (χ3n) is 2.45. The van der Waals surface area contributed by atoms with Crippen molar-refractivity contribution in [2.45, 2.75) is 39.8 Å². The van der Waals surface area contributed by atoms with Crippen LogP contribution in [0.1, 0.15) is 27.7 Å². The van der Waals surface area contributed by atoms with Crippen LogP contribution >= 0.6 is 0 Å². The highest BCUT2D eigenvalue weighted by Gasteiger charge is 2.22. The lowest BCUT2D eigenvalue weighted by Gasteiger charge is -2.22. The molecule has 3 unspecified atom stereocenters. The lowest BCUT2D eigenvalue weighted by atomic mass is 10.0. The van der Waals surface area contributed by atoms with Crippen molar-refractivity contribution >= 4 is 11.8 Å². The molecule has 0 amide bonds. The monoisotopic (exact) mass is 201 g/mol. The Balaban J connectivity index is 4.13. The number of nitrogens with one attached hydrogen (secondary N) is 1. The van der Waals surface area contributed by atoms with Crippen molar-refractivity contribution in [1.29, 1.82) is 0 Å². The number of hydrogen-bond acceptors (Lipinski definition) is 4. The van der Waals surface area contributed by atoms with Gasteiger partial charge in [0.15, 0.2) is 0 Å². The van der Waals surface area contributed by atoms with Gasteiger partial charge in [-0.1, -0.05) is 6.92 Å². The van der Waals surface area contributed by atoms with Crippen LogP contribution in [0.2, 0.25) is 0 Å². The molecule has 4 nitrogen and oxygen atoms in total. The predicted molar refractivity (Wildman–Crippen MR) is 53.9 cm³/mol. The van der Waals surface area contributed by atoms with Crippen molar-refractivity contribution in [3.05, 3.63) is 0 Å². The first-order valence-electron chi connectivity index (χ1n) is 4.74. The number of carbonyl (C=O) groups is 2. The van der Waals surface area contributed by atoms with Crippen LogP contribution in [0.4, 0.5) is 0 Å². The molecular weight excluding hydrogens is 182 g/mol. The van der Waals surface area contributed by atoms with Gasteiger partial charge in [-0.3, -0.25) is 9.59 Å². The molecule has 0 rings (SSSR count). The van der Waals surface area contributed by atoms with Gasteiger partial charge in [-0.2, -0.15) is 0 Å². The molecule has 0 spiro atoms. The lowest BCUT2D eigenvalue weighted by Crippen LogP contribution is -2.44. The molecule has 0 aromatic rings. The normalized spacial score (nSPS) is 16.9. The van der Waals surface area contributed by atoms with E-state index in [9.17, 15) is 9.59 Å². The average Bonchev–Trinajstić information content (AvgIpc) is 2.14. The summed E-state index contributed by atoms with van der Waals surface area (Å²) in [5, 5.41) is 3.04. The smallest absolute Gasteiger partial charge is 0.309 e. The van der Waals surface area contributed by atoms with E-state index in [0.717, 1.165) is 0 Å². The second-order valence-electron chi connectivity index (χ2n) is 3.60. The third kappa shape index (κ3) is 3.87. The molecule has 0 aliphatic heterocycles. The first-order valence-corrected chi connectivity index (χ1v) is 4.74. The fraction of sp³-hybridized carbons (Fsp3) is 0.800. The molecule has 0 bridgehead atoms. The highest BCUT2D eigenvalue weighted by molar-refractivity contribution is 5.81. The number of ether oxygens (including phenoxy) is 1. The zero-order valence-electron chi connectivity index (χ0n) is 9.46. The van der Waals surface area contributed by atoms with E-state index in [4.69, 9.17) is 0 Å². The Morgan fingerprint density at radius 2 is 1.71 bits per heavy atom. The Hall–Kier alpha value is -0.900. The molecule has 0 heterocycles. The second-order valence-corrected chi connectivity index (χ2v) is 3.60. The van der Waals surface area contributed by atoms with Crippen LogP contribution in [0.5, 0.6) is 0 Å². The summed E-state index contributed by atoms with van der Waals surface area (Å²) in [6.07, 6.45) is 0. The Bertz CT molecular complexity index is 215. The van der Waals surface area contributed by atoms with Gasteiger partial charge < -0.3 is 10.1 Å². The van der Waals surface area contributed by atoms with Gasteiger partial charge in [0.2, 0.25) is 0 Å². The van der Waals surface area contributed by atoms with Crippen LogP contribution in [0.3, 0.4) is 0 Å². The minimum atomic E-state index is -0.263. The summed E-state index contributed by atoms with van der Waals surface area (Å²) < 4.78 is 4.61. The van der Waals surface area contributed by atoms with Gasteiger partial charge in [0.05, 0.1) is 19.1 Å². The SMILES string of the molecule is COC(=O)C(C)C(C)NC(C)C(C)=O. The average molecular weight is 201 g/mol. The van der Waals surface area contributed by atoms with Gasteiger partial charge in [0.25, 0.3) is 0 Å². The van der Waals surface area contributed by atoms with Gasteiger partial charge >= 0.3 is 5.97 Å². The standard InChI is InChI=1S/C10H19NO3/c1-6(10(13)14-5)7(2)11-8(3)9(4)12/h6-8,11H,1-5H3. The molecular formula is C10H19NO3. The molecule has 14 heavy (non-hydrogen) atoms. The van der Waals surface area contributed by atoms with E-state index in [1.165, 1.54) is 14.0 Å². The molecule has 1 N–H and O–H groups in total. The number of methoxy groups -OCH3 is 1. The Labute approximate surface area is 85.0 Å². The Morgan fingerprint density at radius 1 is 1.21 bits per heavy atom. The molecule has 4 heteroatoms. The zero-order valence-corrected chi connectivity index (χ0v) is 9.46. The maximum atomic E-state index is 11.2.